The van der Waals surface area contributed by atoms with E-state index in [2.05, 4.69) is 42.8 Å². The number of benzene rings is 1. The van der Waals surface area contributed by atoms with Crippen LogP contribution in [-0.2, 0) is 0 Å². The fourth-order valence-electron chi connectivity index (χ4n) is 0.937. The number of hydrogen-bond donors (Lipinski definition) is 1. The van der Waals surface area contributed by atoms with Crippen molar-refractivity contribution in [3.63, 3.8) is 0 Å². The van der Waals surface area contributed by atoms with Crippen LogP contribution in [0.15, 0.2) is 29.2 Å². The van der Waals surface area contributed by atoms with Crippen molar-refractivity contribution in [2.75, 3.05) is 18.1 Å². The Morgan fingerprint density at radius 3 is 2.91 bits per heavy atom. The molecule has 1 aromatic carbocycles. The lowest BCUT2D eigenvalue weighted by Gasteiger charge is -2.03. The lowest BCUT2D eigenvalue weighted by atomic mass is 10.3. The van der Waals surface area contributed by atoms with Gasteiger partial charge in [-0.15, -0.1) is 11.8 Å². The maximum Gasteiger partial charge on any atom is 0.0351 e. The highest BCUT2D eigenvalue weighted by molar-refractivity contribution is 7.98. The summed E-state index contributed by atoms with van der Waals surface area (Å²) in [6.45, 7) is 3.09. The molecular weight excluding hydrogens is 154 g/mol. The van der Waals surface area contributed by atoms with Crippen LogP contribution in [0.4, 0.5) is 5.69 Å². The van der Waals surface area contributed by atoms with Crippen LogP contribution >= 0.6 is 11.8 Å². The van der Waals surface area contributed by atoms with Gasteiger partial charge in [0.1, 0.15) is 0 Å². The molecule has 1 nitrogen and oxygen atoms in total. The zero-order chi connectivity index (χ0) is 8.10. The Kier molecular flexibility index (Phi) is 3.30. The van der Waals surface area contributed by atoms with Gasteiger partial charge >= 0.3 is 0 Å². The smallest absolute Gasteiger partial charge is 0.0351 e. The Morgan fingerprint density at radius 2 is 2.27 bits per heavy atom. The van der Waals surface area contributed by atoms with Gasteiger partial charge in [0.25, 0.3) is 0 Å². The second-order valence-corrected chi connectivity index (χ2v) is 3.14. The average Bonchev–Trinajstić information content (AvgIpc) is 2.06. The number of rotatable bonds is 3. The zero-order valence-electron chi connectivity index (χ0n) is 6.92. The normalized spacial score (nSPS) is 9.64. The zero-order valence-corrected chi connectivity index (χ0v) is 7.74. The van der Waals surface area contributed by atoms with E-state index in [0.717, 1.165) is 6.54 Å². The monoisotopic (exact) mass is 167 g/mol. The highest BCUT2D eigenvalue weighted by Crippen LogP contribution is 2.18. The van der Waals surface area contributed by atoms with E-state index in [1.807, 2.05) is 0 Å². The van der Waals surface area contributed by atoms with Crippen molar-refractivity contribution >= 4 is 17.4 Å². The molecule has 1 aromatic rings. The van der Waals surface area contributed by atoms with Crippen LogP contribution in [0, 0.1) is 0 Å². The van der Waals surface area contributed by atoms with Gasteiger partial charge in [0.15, 0.2) is 0 Å². The van der Waals surface area contributed by atoms with Gasteiger partial charge in [-0.3, -0.25) is 0 Å². The number of nitrogens with one attached hydrogen (secondary N) is 1. The van der Waals surface area contributed by atoms with Crippen molar-refractivity contribution in [1.82, 2.24) is 0 Å². The molecule has 0 amide bonds. The maximum atomic E-state index is 3.27. The largest absolute Gasteiger partial charge is 0.385 e. The summed E-state index contributed by atoms with van der Waals surface area (Å²) in [4.78, 5) is 1.31. The Bertz CT molecular complexity index is 223. The first-order valence-corrected chi connectivity index (χ1v) is 4.97. The Balaban J connectivity index is 2.74. The molecule has 1 N–H and O–H groups in total. The summed E-state index contributed by atoms with van der Waals surface area (Å²) in [6, 6.07) is 8.44. The van der Waals surface area contributed by atoms with E-state index >= 15 is 0 Å². The topological polar surface area (TPSA) is 12.0 Å². The number of anilines is 1. The predicted molar refractivity (Wildman–Crippen MR) is 52.4 cm³/mol. The van der Waals surface area contributed by atoms with E-state index in [-0.39, 0.29) is 0 Å². The molecule has 60 valence electrons. The van der Waals surface area contributed by atoms with E-state index in [0.29, 0.717) is 0 Å². The van der Waals surface area contributed by atoms with Crippen molar-refractivity contribution in [3.8, 4) is 0 Å². The van der Waals surface area contributed by atoms with Crippen molar-refractivity contribution in [2.24, 2.45) is 0 Å². The van der Waals surface area contributed by atoms with Crippen LogP contribution in [0.3, 0.4) is 0 Å². The van der Waals surface area contributed by atoms with Gasteiger partial charge < -0.3 is 5.32 Å². The molecule has 0 fully saturated rings. The average molecular weight is 167 g/mol. The van der Waals surface area contributed by atoms with Crippen LogP contribution in [-0.4, -0.2) is 12.8 Å². The molecule has 0 unspecified atom stereocenters. The third-order valence-corrected chi connectivity index (χ3v) is 2.18. The second kappa shape index (κ2) is 4.29. The van der Waals surface area contributed by atoms with E-state index in [9.17, 15) is 0 Å². The molecule has 0 saturated carbocycles. The van der Waals surface area contributed by atoms with Crippen molar-refractivity contribution in [1.29, 1.82) is 0 Å². The third-order valence-electron chi connectivity index (χ3n) is 1.45. The summed E-state index contributed by atoms with van der Waals surface area (Å²) in [5.41, 5.74) is 1.21. The molecule has 2 heteroatoms. The standard InChI is InChI=1S/C9H13NS/c1-3-10-8-5-4-6-9(7-8)11-2/h4-7,10H,3H2,1-2H3. The van der Waals surface area contributed by atoms with E-state index < -0.39 is 0 Å². The molecule has 0 saturated heterocycles. The van der Waals surface area contributed by atoms with Gasteiger partial charge in [0.2, 0.25) is 0 Å². The van der Waals surface area contributed by atoms with Gasteiger partial charge in [-0.05, 0) is 31.4 Å². The van der Waals surface area contributed by atoms with Crippen molar-refractivity contribution in [3.05, 3.63) is 24.3 Å². The molecule has 0 aromatic heterocycles. The molecule has 0 aliphatic rings. The number of hydrogen-bond acceptors (Lipinski definition) is 2. The summed E-state index contributed by atoms with van der Waals surface area (Å²) in [6.07, 6.45) is 2.09. The fourth-order valence-corrected chi connectivity index (χ4v) is 1.40. The maximum absolute atomic E-state index is 3.27. The molecule has 0 radical (unpaired) electrons. The molecule has 0 aliphatic carbocycles. The summed E-state index contributed by atoms with van der Waals surface area (Å²) in [5.74, 6) is 0. The van der Waals surface area contributed by atoms with E-state index in [1.54, 1.807) is 11.8 Å². The van der Waals surface area contributed by atoms with Gasteiger partial charge in [-0.2, -0.15) is 0 Å². The van der Waals surface area contributed by atoms with E-state index in [1.165, 1.54) is 10.6 Å². The molecule has 11 heavy (non-hydrogen) atoms. The first kappa shape index (κ1) is 8.47. The molecule has 1 rings (SSSR count). The predicted octanol–water partition coefficient (Wildman–Crippen LogP) is 2.84. The van der Waals surface area contributed by atoms with Gasteiger partial charge in [-0.25, -0.2) is 0 Å². The lowest BCUT2D eigenvalue weighted by molar-refractivity contribution is 1.20. The minimum absolute atomic E-state index is 0.984. The Labute approximate surface area is 72.2 Å². The summed E-state index contributed by atoms with van der Waals surface area (Å²) in [5, 5.41) is 3.27. The molecule has 0 aliphatic heterocycles. The molecule has 0 bridgehead atoms. The van der Waals surface area contributed by atoms with Gasteiger partial charge in [0, 0.05) is 17.1 Å². The first-order valence-electron chi connectivity index (χ1n) is 3.74. The van der Waals surface area contributed by atoms with Crippen LogP contribution in [0.25, 0.3) is 0 Å². The highest BCUT2D eigenvalue weighted by Gasteiger charge is 1.90. The van der Waals surface area contributed by atoms with Gasteiger partial charge in [-0.1, -0.05) is 6.07 Å². The molecule has 0 atom stereocenters. The minimum atomic E-state index is 0.984. The Hall–Kier alpha value is -0.630. The second-order valence-electron chi connectivity index (χ2n) is 2.26. The quantitative estimate of drug-likeness (QED) is 0.695. The molecular formula is C9H13NS. The fraction of sp³-hybridized carbons (Fsp3) is 0.333. The van der Waals surface area contributed by atoms with Crippen LogP contribution in [0.1, 0.15) is 6.92 Å². The Morgan fingerprint density at radius 1 is 1.45 bits per heavy atom. The first-order chi connectivity index (χ1) is 5.36. The van der Waals surface area contributed by atoms with E-state index in [4.69, 9.17) is 0 Å². The van der Waals surface area contributed by atoms with Crippen molar-refractivity contribution < 1.29 is 0 Å². The van der Waals surface area contributed by atoms with Crippen molar-refractivity contribution in [2.45, 2.75) is 11.8 Å². The summed E-state index contributed by atoms with van der Waals surface area (Å²) >= 11 is 1.77. The summed E-state index contributed by atoms with van der Waals surface area (Å²) in [7, 11) is 0. The highest BCUT2D eigenvalue weighted by atomic mass is 32.2. The minimum Gasteiger partial charge on any atom is -0.385 e. The van der Waals surface area contributed by atoms with Crippen LogP contribution < -0.4 is 5.32 Å². The van der Waals surface area contributed by atoms with Crippen LogP contribution in [0.5, 0.6) is 0 Å². The van der Waals surface area contributed by atoms with Gasteiger partial charge in [0.05, 0.1) is 0 Å². The molecule has 0 heterocycles. The number of thioether (sulfide) groups is 1. The third kappa shape index (κ3) is 2.46. The SMILES string of the molecule is CCNc1cccc(SC)c1. The lowest BCUT2D eigenvalue weighted by Crippen LogP contribution is -1.95. The summed E-state index contributed by atoms with van der Waals surface area (Å²) < 4.78 is 0. The van der Waals surface area contributed by atoms with Crippen LogP contribution in [0.2, 0.25) is 0 Å². The molecule has 0 spiro atoms.